The number of rotatable bonds is 5. The molecule has 9 nitrogen and oxygen atoms in total. The Bertz CT molecular complexity index is 758. The smallest absolute Gasteiger partial charge is 0.371 e. The van der Waals surface area contributed by atoms with Crippen LogP contribution in [0.1, 0.15) is 35.2 Å². The second-order valence-electron chi connectivity index (χ2n) is 4.25. The number of nitrogens with one attached hydrogen (secondary N) is 1. The van der Waals surface area contributed by atoms with Gasteiger partial charge in [0.05, 0.1) is 0 Å². The molecule has 1 aliphatic carbocycles. The van der Waals surface area contributed by atoms with Crippen LogP contribution in [0.25, 0.3) is 0 Å². The van der Waals surface area contributed by atoms with Gasteiger partial charge in [-0.25, -0.2) is 9.52 Å². The average molecular weight is 299 g/mol. The van der Waals surface area contributed by atoms with Gasteiger partial charge in [0.1, 0.15) is 0 Å². The second-order valence-corrected chi connectivity index (χ2v) is 5.86. The van der Waals surface area contributed by atoms with E-state index in [1.165, 1.54) is 0 Å². The van der Waals surface area contributed by atoms with Crippen molar-refractivity contribution in [2.24, 2.45) is 0 Å². The normalized spacial score (nSPS) is 15.2. The molecule has 2 aromatic rings. The zero-order chi connectivity index (χ0) is 14.3. The summed E-state index contributed by atoms with van der Waals surface area (Å²) < 4.78 is 35.7. The summed E-state index contributed by atoms with van der Waals surface area (Å²) in [5, 5.41) is 15.4. The maximum Gasteiger partial charge on any atom is 0.371 e. The van der Waals surface area contributed by atoms with Crippen molar-refractivity contribution < 1.29 is 27.2 Å². The van der Waals surface area contributed by atoms with Crippen LogP contribution in [0.5, 0.6) is 0 Å². The number of carboxylic acids is 1. The molecule has 0 saturated heterocycles. The van der Waals surface area contributed by atoms with E-state index in [1.807, 2.05) is 4.72 Å². The van der Waals surface area contributed by atoms with Crippen molar-refractivity contribution in [2.75, 3.05) is 4.72 Å². The molecule has 10 heteroatoms. The lowest BCUT2D eigenvalue weighted by Crippen LogP contribution is -2.12. The summed E-state index contributed by atoms with van der Waals surface area (Å²) in [7, 11) is -4.09. The molecule has 0 amide bonds. The van der Waals surface area contributed by atoms with Crippen molar-refractivity contribution in [1.29, 1.82) is 0 Å². The van der Waals surface area contributed by atoms with E-state index in [4.69, 9.17) is 13.9 Å². The van der Waals surface area contributed by atoms with Gasteiger partial charge in [-0.15, -0.1) is 5.10 Å². The number of nitrogens with zero attached hydrogens (tertiary/aromatic N) is 2. The van der Waals surface area contributed by atoms with E-state index in [2.05, 4.69) is 10.2 Å². The highest BCUT2D eigenvalue weighted by Gasteiger charge is 2.30. The topological polar surface area (TPSA) is 136 Å². The zero-order valence-corrected chi connectivity index (χ0v) is 10.8. The van der Waals surface area contributed by atoms with Crippen LogP contribution in [0.15, 0.2) is 26.1 Å². The Balaban J connectivity index is 1.81. The highest BCUT2D eigenvalue weighted by atomic mass is 32.2. The van der Waals surface area contributed by atoms with Crippen molar-refractivity contribution in [3.63, 3.8) is 0 Å². The van der Waals surface area contributed by atoms with Gasteiger partial charge in [0.15, 0.2) is 0 Å². The Morgan fingerprint density at radius 1 is 1.30 bits per heavy atom. The van der Waals surface area contributed by atoms with Gasteiger partial charge in [-0.1, -0.05) is 5.10 Å². The molecule has 2 aromatic heterocycles. The van der Waals surface area contributed by atoms with Crippen LogP contribution in [-0.4, -0.2) is 29.7 Å². The highest BCUT2D eigenvalue weighted by molar-refractivity contribution is 7.92. The molecule has 1 saturated carbocycles. The largest absolute Gasteiger partial charge is 0.475 e. The Hall–Kier alpha value is -2.36. The first-order valence-corrected chi connectivity index (χ1v) is 7.13. The molecule has 106 valence electrons. The predicted molar refractivity (Wildman–Crippen MR) is 62.7 cm³/mol. The van der Waals surface area contributed by atoms with Gasteiger partial charge in [-0.2, -0.15) is 8.42 Å². The van der Waals surface area contributed by atoms with E-state index in [0.29, 0.717) is 5.89 Å². The minimum atomic E-state index is -4.09. The number of aromatic nitrogens is 2. The quantitative estimate of drug-likeness (QED) is 0.835. The van der Waals surface area contributed by atoms with Gasteiger partial charge < -0.3 is 13.9 Å². The number of furan rings is 1. The van der Waals surface area contributed by atoms with E-state index < -0.39 is 26.8 Å². The molecule has 1 fully saturated rings. The zero-order valence-electron chi connectivity index (χ0n) is 9.94. The van der Waals surface area contributed by atoms with Gasteiger partial charge in [0.25, 0.3) is 10.0 Å². The molecule has 0 aromatic carbocycles. The van der Waals surface area contributed by atoms with E-state index >= 15 is 0 Å². The molecule has 2 N–H and O–H groups in total. The SMILES string of the molecule is O=C(O)c1ccc(S(=O)(=O)Nc2nnc(C3CC3)o2)o1. The van der Waals surface area contributed by atoms with Gasteiger partial charge in [0, 0.05) is 5.92 Å². The van der Waals surface area contributed by atoms with Crippen molar-refractivity contribution in [3.05, 3.63) is 23.8 Å². The molecule has 3 rings (SSSR count). The van der Waals surface area contributed by atoms with Gasteiger partial charge in [-0.3, -0.25) is 0 Å². The molecule has 20 heavy (non-hydrogen) atoms. The van der Waals surface area contributed by atoms with Crippen molar-refractivity contribution in [3.8, 4) is 0 Å². The monoisotopic (exact) mass is 299 g/mol. The molecule has 1 aliphatic rings. The number of sulfonamides is 1. The van der Waals surface area contributed by atoms with Gasteiger partial charge >= 0.3 is 12.0 Å². The number of carbonyl (C=O) groups is 1. The molecule has 2 heterocycles. The lowest BCUT2D eigenvalue weighted by molar-refractivity contribution is 0.0656. The van der Waals surface area contributed by atoms with Crippen LogP contribution in [0.4, 0.5) is 6.01 Å². The third kappa shape index (κ3) is 2.37. The molecular formula is C10H9N3O6S. The second kappa shape index (κ2) is 4.34. The Morgan fingerprint density at radius 2 is 2.05 bits per heavy atom. The lowest BCUT2D eigenvalue weighted by Gasteiger charge is -1.99. The van der Waals surface area contributed by atoms with Gasteiger partial charge in [-0.05, 0) is 25.0 Å². The summed E-state index contributed by atoms with van der Waals surface area (Å²) in [5.41, 5.74) is 0. The molecule has 0 atom stereocenters. The van der Waals surface area contributed by atoms with Crippen LogP contribution < -0.4 is 4.72 Å². The molecule has 0 bridgehead atoms. The van der Waals surface area contributed by atoms with Crippen LogP contribution in [0.3, 0.4) is 0 Å². The summed E-state index contributed by atoms with van der Waals surface area (Å²) in [6, 6.07) is 1.80. The Kier molecular flexibility index (Phi) is 2.74. The van der Waals surface area contributed by atoms with E-state index in [-0.39, 0.29) is 11.9 Å². The standard InChI is InChI=1S/C10H9N3O6S/c14-9(15)6-3-4-7(18-6)20(16,17)13-10-12-11-8(19-10)5-1-2-5/h3-5H,1-2H2,(H,12,13)(H,14,15). The predicted octanol–water partition coefficient (Wildman–Crippen LogP) is 1.04. The molecular weight excluding hydrogens is 290 g/mol. The summed E-state index contributed by atoms with van der Waals surface area (Å²) in [6.07, 6.45) is 1.88. The fourth-order valence-corrected chi connectivity index (χ4v) is 2.38. The van der Waals surface area contributed by atoms with Crippen LogP contribution in [0.2, 0.25) is 0 Å². The summed E-state index contributed by atoms with van der Waals surface area (Å²) >= 11 is 0. The number of aromatic carboxylic acids is 1. The number of hydrogen-bond donors (Lipinski definition) is 2. The maximum atomic E-state index is 11.9. The van der Waals surface area contributed by atoms with E-state index in [0.717, 1.165) is 25.0 Å². The lowest BCUT2D eigenvalue weighted by atomic mass is 10.4. The maximum absolute atomic E-state index is 11.9. The summed E-state index contributed by atoms with van der Waals surface area (Å²) in [4.78, 5) is 10.6. The van der Waals surface area contributed by atoms with E-state index in [1.54, 1.807) is 0 Å². The fourth-order valence-electron chi connectivity index (χ4n) is 1.52. The first-order valence-electron chi connectivity index (χ1n) is 5.65. The Morgan fingerprint density at radius 3 is 2.65 bits per heavy atom. The van der Waals surface area contributed by atoms with Crippen molar-refractivity contribution in [2.45, 2.75) is 23.9 Å². The van der Waals surface area contributed by atoms with Crippen LogP contribution in [0, 0.1) is 0 Å². The number of carboxylic acid groups (broad SMARTS) is 1. The third-order valence-electron chi connectivity index (χ3n) is 2.65. The summed E-state index contributed by atoms with van der Waals surface area (Å²) in [5.74, 6) is -1.26. The average Bonchev–Trinajstić information content (AvgIpc) is 2.91. The van der Waals surface area contributed by atoms with Gasteiger partial charge in [0.2, 0.25) is 16.7 Å². The molecule has 0 radical (unpaired) electrons. The van der Waals surface area contributed by atoms with Crippen molar-refractivity contribution >= 4 is 22.0 Å². The van der Waals surface area contributed by atoms with Crippen molar-refractivity contribution in [1.82, 2.24) is 10.2 Å². The van der Waals surface area contributed by atoms with Crippen LogP contribution in [-0.2, 0) is 10.0 Å². The third-order valence-corrected chi connectivity index (χ3v) is 3.84. The minimum Gasteiger partial charge on any atom is -0.475 e. The van der Waals surface area contributed by atoms with E-state index in [9.17, 15) is 13.2 Å². The fraction of sp³-hybridized carbons (Fsp3) is 0.300. The highest BCUT2D eigenvalue weighted by Crippen LogP contribution is 2.39. The first kappa shape index (κ1) is 12.7. The molecule has 0 aliphatic heterocycles. The number of anilines is 1. The molecule has 0 unspecified atom stereocenters. The summed E-state index contributed by atoms with van der Waals surface area (Å²) in [6.45, 7) is 0. The first-order chi connectivity index (χ1) is 9.45. The number of hydrogen-bond acceptors (Lipinski definition) is 7. The van der Waals surface area contributed by atoms with Crippen LogP contribution >= 0.6 is 0 Å². The molecule has 0 spiro atoms. The minimum absolute atomic E-state index is 0.197. The Labute approximate surface area is 112 Å².